The number of rotatable bonds is 7. The lowest BCUT2D eigenvalue weighted by Crippen LogP contribution is -1.98. The van der Waals surface area contributed by atoms with E-state index in [9.17, 15) is 0 Å². The monoisotopic (exact) mass is 352 g/mol. The normalized spacial score (nSPS) is 16.9. The summed E-state index contributed by atoms with van der Waals surface area (Å²) in [6, 6.07) is 8.57. The highest BCUT2D eigenvalue weighted by Gasteiger charge is 2.26. The second kappa shape index (κ2) is 9.54. The van der Waals surface area contributed by atoms with Gasteiger partial charge in [-0.1, -0.05) is 98.7 Å². The van der Waals surface area contributed by atoms with Gasteiger partial charge in [0, 0.05) is 0 Å². The van der Waals surface area contributed by atoms with Crippen LogP contribution in [0.5, 0.6) is 0 Å². The molecule has 0 saturated heterocycles. The van der Waals surface area contributed by atoms with Gasteiger partial charge in [-0.05, 0) is 65.3 Å². The van der Waals surface area contributed by atoms with Crippen LogP contribution in [0, 0.1) is 0 Å². The van der Waals surface area contributed by atoms with Crippen molar-refractivity contribution in [3.63, 3.8) is 0 Å². The molecule has 1 aliphatic rings. The Morgan fingerprint density at radius 3 is 2.19 bits per heavy atom. The predicted octanol–water partition coefficient (Wildman–Crippen LogP) is 7.79. The largest absolute Gasteiger partial charge is 0.0991 e. The number of benzene rings is 1. The van der Waals surface area contributed by atoms with Crippen LogP contribution in [-0.4, -0.2) is 0 Å². The molecule has 1 aromatic rings. The number of fused-ring (bicyclic) bond motifs is 1. The fourth-order valence-corrected chi connectivity index (χ4v) is 3.50. The van der Waals surface area contributed by atoms with Crippen LogP contribution in [-0.2, 0) is 0 Å². The molecule has 0 radical (unpaired) electrons. The molecule has 1 aromatic carbocycles. The molecule has 0 aliphatic heterocycles. The molecule has 1 aliphatic carbocycles. The molecule has 136 valence electrons. The first kappa shape index (κ1) is 20.2. The molecule has 0 nitrogen and oxygen atoms in total. The maximum atomic E-state index is 4.06. The van der Waals surface area contributed by atoms with Crippen molar-refractivity contribution < 1.29 is 0 Å². The fraction of sp³-hybridized carbons (Fsp3) is 0.111. The van der Waals surface area contributed by atoms with E-state index in [0.29, 0.717) is 0 Å². The first-order valence-electron chi connectivity index (χ1n) is 9.23. The van der Waals surface area contributed by atoms with E-state index in [1.54, 1.807) is 0 Å². The van der Waals surface area contributed by atoms with Crippen molar-refractivity contribution in [2.75, 3.05) is 0 Å². The van der Waals surface area contributed by atoms with Crippen LogP contribution in [0.3, 0.4) is 0 Å². The van der Waals surface area contributed by atoms with Gasteiger partial charge in [-0.3, -0.25) is 0 Å². The van der Waals surface area contributed by atoms with E-state index in [0.717, 1.165) is 11.1 Å². The van der Waals surface area contributed by atoms with Crippen molar-refractivity contribution in [3.05, 3.63) is 132 Å². The predicted molar refractivity (Wildman–Crippen MR) is 122 cm³/mol. The Bertz CT molecular complexity index is 934. The first-order chi connectivity index (χ1) is 13.1. The lowest BCUT2D eigenvalue weighted by Gasteiger charge is -2.17. The van der Waals surface area contributed by atoms with Crippen molar-refractivity contribution in [2.24, 2.45) is 0 Å². The van der Waals surface area contributed by atoms with E-state index in [2.05, 4.69) is 88.2 Å². The highest BCUT2D eigenvalue weighted by molar-refractivity contribution is 6.05. The van der Waals surface area contributed by atoms with Crippen LogP contribution in [0.1, 0.15) is 31.9 Å². The third-order valence-corrected chi connectivity index (χ3v) is 4.67. The molecular formula is C27H28. The molecule has 0 atom stereocenters. The lowest BCUT2D eigenvalue weighted by atomic mass is 9.86. The third-order valence-electron chi connectivity index (χ3n) is 4.67. The van der Waals surface area contributed by atoms with E-state index < -0.39 is 0 Å². The molecule has 0 heteroatoms. The standard InChI is InChI=1S/C27H28/c1-7-12-17-24-20(6)23-18-13-14-19-25(23)27(24)26(21(10-4)11-5)22(15-8-2)16-9-3/h7-19H,1-2,4H2,3,5-6H3/b16-9-,17-12-,21-11+,22-15+,27-26+. The van der Waals surface area contributed by atoms with E-state index >= 15 is 0 Å². The quantitative estimate of drug-likeness (QED) is 0.439. The topological polar surface area (TPSA) is 0 Å². The maximum absolute atomic E-state index is 4.06. The molecule has 27 heavy (non-hydrogen) atoms. The Kier molecular flexibility index (Phi) is 7.14. The van der Waals surface area contributed by atoms with Crippen molar-refractivity contribution in [2.45, 2.75) is 20.8 Å². The van der Waals surface area contributed by atoms with Crippen molar-refractivity contribution in [1.82, 2.24) is 0 Å². The maximum Gasteiger partial charge on any atom is -0.00179 e. The molecule has 0 heterocycles. The zero-order chi connectivity index (χ0) is 19.8. The van der Waals surface area contributed by atoms with Gasteiger partial charge >= 0.3 is 0 Å². The van der Waals surface area contributed by atoms with Gasteiger partial charge in [0.25, 0.3) is 0 Å². The summed E-state index contributed by atoms with van der Waals surface area (Å²) in [4.78, 5) is 0. The molecular weight excluding hydrogens is 324 g/mol. The van der Waals surface area contributed by atoms with Gasteiger partial charge in [0.1, 0.15) is 0 Å². The zero-order valence-electron chi connectivity index (χ0n) is 16.6. The molecule has 0 N–H and O–H groups in total. The van der Waals surface area contributed by atoms with Crippen LogP contribution in [0.2, 0.25) is 0 Å². The molecule has 2 rings (SSSR count). The molecule has 0 aromatic heterocycles. The van der Waals surface area contributed by atoms with Gasteiger partial charge in [0.2, 0.25) is 0 Å². The SMILES string of the molecule is C=C/C=C\C1=C(C)c2ccccc2/C1=C(C(\C=C)=C\C)/C(/C=C\C)=C/C=C. The van der Waals surface area contributed by atoms with Crippen LogP contribution >= 0.6 is 0 Å². The van der Waals surface area contributed by atoms with Crippen LogP contribution in [0.25, 0.3) is 11.1 Å². The summed E-state index contributed by atoms with van der Waals surface area (Å²) in [7, 11) is 0. The minimum atomic E-state index is 1.10. The Morgan fingerprint density at radius 2 is 1.63 bits per heavy atom. The van der Waals surface area contributed by atoms with Gasteiger partial charge in [-0.15, -0.1) is 0 Å². The molecule has 0 fully saturated rings. The second-order valence-corrected chi connectivity index (χ2v) is 6.23. The van der Waals surface area contributed by atoms with Gasteiger partial charge in [0.15, 0.2) is 0 Å². The molecule has 0 unspecified atom stereocenters. The van der Waals surface area contributed by atoms with E-state index in [4.69, 9.17) is 0 Å². The van der Waals surface area contributed by atoms with Crippen LogP contribution in [0.4, 0.5) is 0 Å². The van der Waals surface area contributed by atoms with E-state index in [1.807, 2.05) is 31.2 Å². The summed E-state index contributed by atoms with van der Waals surface area (Å²) in [6.45, 7) is 18.1. The Labute approximate surface area is 164 Å². The van der Waals surface area contributed by atoms with Gasteiger partial charge in [-0.2, -0.15) is 0 Å². The fourth-order valence-electron chi connectivity index (χ4n) is 3.50. The van der Waals surface area contributed by atoms with Gasteiger partial charge in [0.05, 0.1) is 0 Å². The van der Waals surface area contributed by atoms with Crippen LogP contribution < -0.4 is 0 Å². The summed E-state index contributed by atoms with van der Waals surface area (Å²) in [6.07, 6.45) is 18.1. The van der Waals surface area contributed by atoms with E-state index in [1.165, 1.54) is 33.4 Å². The number of allylic oxidation sites excluding steroid dienone is 15. The highest BCUT2D eigenvalue weighted by Crippen LogP contribution is 2.46. The minimum absolute atomic E-state index is 1.10. The van der Waals surface area contributed by atoms with Gasteiger partial charge < -0.3 is 0 Å². The minimum Gasteiger partial charge on any atom is -0.0991 e. The Balaban J connectivity index is 3.03. The Hall–Kier alpha value is -3.12. The van der Waals surface area contributed by atoms with E-state index in [-0.39, 0.29) is 0 Å². The molecule has 0 amide bonds. The lowest BCUT2D eigenvalue weighted by molar-refractivity contribution is 1.42. The molecule has 0 spiro atoms. The zero-order valence-corrected chi connectivity index (χ0v) is 16.6. The molecule has 0 bridgehead atoms. The van der Waals surface area contributed by atoms with Crippen LogP contribution in [0.15, 0.2) is 121 Å². The highest BCUT2D eigenvalue weighted by atomic mass is 14.3. The smallest absolute Gasteiger partial charge is 0.00179 e. The number of hydrogen-bond donors (Lipinski definition) is 0. The van der Waals surface area contributed by atoms with Crippen molar-refractivity contribution in [1.29, 1.82) is 0 Å². The van der Waals surface area contributed by atoms with Gasteiger partial charge in [-0.25, -0.2) is 0 Å². The average molecular weight is 353 g/mol. The number of hydrogen-bond acceptors (Lipinski definition) is 0. The second-order valence-electron chi connectivity index (χ2n) is 6.23. The van der Waals surface area contributed by atoms with Crippen molar-refractivity contribution in [3.8, 4) is 0 Å². The average Bonchev–Trinajstić information content (AvgIpc) is 2.96. The summed E-state index contributed by atoms with van der Waals surface area (Å²) < 4.78 is 0. The first-order valence-corrected chi connectivity index (χ1v) is 9.23. The summed E-state index contributed by atoms with van der Waals surface area (Å²) >= 11 is 0. The summed E-state index contributed by atoms with van der Waals surface area (Å²) in [5.74, 6) is 0. The Morgan fingerprint density at radius 1 is 0.926 bits per heavy atom. The van der Waals surface area contributed by atoms with Crippen molar-refractivity contribution >= 4 is 11.1 Å². The third kappa shape index (κ3) is 4.01. The molecule has 0 saturated carbocycles. The summed E-state index contributed by atoms with van der Waals surface area (Å²) in [5.41, 5.74) is 9.61. The summed E-state index contributed by atoms with van der Waals surface area (Å²) in [5, 5.41) is 0.